The van der Waals surface area contributed by atoms with Gasteiger partial charge in [0.15, 0.2) is 0 Å². The van der Waals surface area contributed by atoms with E-state index < -0.39 is 18.0 Å². The van der Waals surface area contributed by atoms with Crippen LogP contribution >= 0.6 is 23.2 Å². The van der Waals surface area contributed by atoms with Crippen molar-refractivity contribution in [3.63, 3.8) is 0 Å². The highest BCUT2D eigenvalue weighted by molar-refractivity contribution is 6.35. The minimum absolute atomic E-state index is 0.205. The fourth-order valence-electron chi connectivity index (χ4n) is 3.75. The van der Waals surface area contributed by atoms with E-state index in [1.165, 1.54) is 30.3 Å². The Bertz CT molecular complexity index is 1240. The van der Waals surface area contributed by atoms with Crippen molar-refractivity contribution in [1.29, 1.82) is 0 Å². The molecule has 0 saturated carbocycles. The first-order valence-electron chi connectivity index (χ1n) is 10.3. The van der Waals surface area contributed by atoms with Crippen molar-refractivity contribution < 1.29 is 14.0 Å². The number of hydrogen-bond donors (Lipinski definition) is 1. The molecule has 1 N–H and O–H groups in total. The van der Waals surface area contributed by atoms with E-state index in [1.54, 1.807) is 17.0 Å². The van der Waals surface area contributed by atoms with Gasteiger partial charge in [0.25, 0.3) is 11.8 Å². The summed E-state index contributed by atoms with van der Waals surface area (Å²) in [6, 6.07) is 17.4. The molecule has 1 heterocycles. The lowest BCUT2D eigenvalue weighted by Gasteiger charge is -2.29. The highest BCUT2D eigenvalue weighted by Gasteiger charge is 2.34. The van der Waals surface area contributed by atoms with Gasteiger partial charge in [0.2, 0.25) is 6.17 Å². The number of aliphatic imine (C=N–C) groups is 1. The maximum Gasteiger partial charge on any atom is 0.272 e. The molecule has 0 spiro atoms. The van der Waals surface area contributed by atoms with Crippen molar-refractivity contribution in [2.75, 3.05) is 4.90 Å². The summed E-state index contributed by atoms with van der Waals surface area (Å²) >= 11 is 12.1. The number of nitrogens with zero attached hydrogens (tertiary/aromatic N) is 2. The molecule has 0 aromatic heterocycles. The third-order valence-corrected chi connectivity index (χ3v) is 5.61. The molecule has 0 unspecified atom stereocenters. The maximum absolute atomic E-state index is 13.6. The molecule has 33 heavy (non-hydrogen) atoms. The number of benzodiazepines with no additional fused rings is 1. The fourth-order valence-corrected chi connectivity index (χ4v) is 4.27. The number of anilines is 1. The van der Waals surface area contributed by atoms with Crippen molar-refractivity contribution in [1.82, 2.24) is 5.32 Å². The van der Waals surface area contributed by atoms with Crippen molar-refractivity contribution >= 4 is 46.4 Å². The minimum atomic E-state index is -1.22. The van der Waals surface area contributed by atoms with Gasteiger partial charge in [-0.1, -0.05) is 41.4 Å². The van der Waals surface area contributed by atoms with E-state index in [2.05, 4.69) is 10.3 Å². The van der Waals surface area contributed by atoms with Crippen LogP contribution in [-0.4, -0.2) is 29.7 Å². The lowest BCUT2D eigenvalue weighted by Crippen LogP contribution is -2.49. The third-order valence-electron chi connectivity index (χ3n) is 5.17. The van der Waals surface area contributed by atoms with Gasteiger partial charge < -0.3 is 10.2 Å². The molecule has 1 atom stereocenters. The van der Waals surface area contributed by atoms with Gasteiger partial charge in [0.05, 0.1) is 11.4 Å². The summed E-state index contributed by atoms with van der Waals surface area (Å²) in [6.07, 6.45) is -1.22. The summed E-state index contributed by atoms with van der Waals surface area (Å²) in [5.74, 6) is -1.32. The molecule has 0 fully saturated rings. The number of fused-ring (bicyclic) bond motifs is 1. The van der Waals surface area contributed by atoms with Gasteiger partial charge in [0, 0.05) is 32.8 Å². The van der Waals surface area contributed by atoms with Gasteiger partial charge in [-0.15, -0.1) is 0 Å². The molecule has 2 amide bonds. The predicted octanol–water partition coefficient (Wildman–Crippen LogP) is 5.48. The molecule has 0 aliphatic carbocycles. The molecule has 4 rings (SSSR count). The van der Waals surface area contributed by atoms with E-state index in [0.717, 1.165) is 0 Å². The largest absolute Gasteiger partial charge is 0.322 e. The van der Waals surface area contributed by atoms with Crippen LogP contribution in [0.5, 0.6) is 0 Å². The van der Waals surface area contributed by atoms with Gasteiger partial charge in [-0.05, 0) is 62.4 Å². The van der Waals surface area contributed by atoms with E-state index >= 15 is 0 Å². The molecule has 3 aromatic carbocycles. The van der Waals surface area contributed by atoms with Crippen LogP contribution in [0.15, 0.2) is 71.7 Å². The van der Waals surface area contributed by atoms with Gasteiger partial charge >= 0.3 is 0 Å². The molecule has 3 aromatic rings. The van der Waals surface area contributed by atoms with Gasteiger partial charge in [0.1, 0.15) is 5.82 Å². The highest BCUT2D eigenvalue weighted by atomic mass is 35.5. The van der Waals surface area contributed by atoms with E-state index in [1.807, 2.05) is 38.1 Å². The summed E-state index contributed by atoms with van der Waals surface area (Å²) < 4.78 is 13.6. The van der Waals surface area contributed by atoms with Crippen LogP contribution in [0.25, 0.3) is 0 Å². The quantitative estimate of drug-likeness (QED) is 0.533. The normalized spacial score (nSPS) is 15.7. The fraction of sp³-hybridized carbons (Fsp3) is 0.160. The number of carbonyl (C=O) groups is 2. The number of para-hydroxylation sites is 1. The lowest BCUT2D eigenvalue weighted by molar-refractivity contribution is -0.120. The molecule has 5 nitrogen and oxygen atoms in total. The number of carbonyl (C=O) groups excluding carboxylic acids is 2. The topological polar surface area (TPSA) is 61.8 Å². The van der Waals surface area contributed by atoms with E-state index in [-0.39, 0.29) is 17.4 Å². The molecular weight excluding hydrogens is 464 g/mol. The molecule has 0 saturated heterocycles. The minimum Gasteiger partial charge on any atom is -0.322 e. The van der Waals surface area contributed by atoms with Crippen LogP contribution in [-0.2, 0) is 4.79 Å². The smallest absolute Gasteiger partial charge is 0.272 e. The maximum atomic E-state index is 13.6. The second kappa shape index (κ2) is 9.33. The van der Waals surface area contributed by atoms with E-state index in [4.69, 9.17) is 23.2 Å². The summed E-state index contributed by atoms with van der Waals surface area (Å²) in [5, 5.41) is 3.30. The van der Waals surface area contributed by atoms with Gasteiger partial charge in [-0.3, -0.25) is 9.59 Å². The first-order chi connectivity index (χ1) is 15.7. The second-order valence-electron chi connectivity index (χ2n) is 7.84. The average Bonchev–Trinajstić information content (AvgIpc) is 2.88. The van der Waals surface area contributed by atoms with Crippen LogP contribution in [0.1, 0.15) is 35.3 Å². The lowest BCUT2D eigenvalue weighted by atomic mass is 10.00. The molecule has 168 valence electrons. The monoisotopic (exact) mass is 483 g/mol. The van der Waals surface area contributed by atoms with Crippen LogP contribution < -0.4 is 10.2 Å². The number of hydrogen-bond acceptors (Lipinski definition) is 3. The Kier molecular flexibility index (Phi) is 6.49. The number of halogens is 3. The van der Waals surface area contributed by atoms with Gasteiger partial charge in [-0.2, -0.15) is 0 Å². The predicted molar refractivity (Wildman–Crippen MR) is 129 cm³/mol. The number of rotatable bonds is 4. The van der Waals surface area contributed by atoms with Crippen LogP contribution in [0, 0.1) is 5.82 Å². The van der Waals surface area contributed by atoms with Crippen LogP contribution in [0.2, 0.25) is 10.0 Å². The molecular formula is C25H20Cl2FN3O2. The summed E-state index contributed by atoms with van der Waals surface area (Å²) in [4.78, 5) is 32.8. The number of nitrogens with one attached hydrogen (secondary N) is 1. The summed E-state index contributed by atoms with van der Waals surface area (Å²) in [5.41, 5.74) is 2.65. The second-order valence-corrected chi connectivity index (χ2v) is 8.71. The summed E-state index contributed by atoms with van der Waals surface area (Å²) in [6.45, 7) is 3.76. The zero-order valence-electron chi connectivity index (χ0n) is 17.9. The molecule has 0 radical (unpaired) electrons. The Hall–Kier alpha value is -3.22. The van der Waals surface area contributed by atoms with E-state index in [9.17, 15) is 14.0 Å². The molecule has 1 aliphatic heterocycles. The SMILES string of the molecule is CC(C)N1C(=O)[C@H](NC(=O)c2cc(Cl)cc(Cl)c2)N=C(c2ccc(F)cc2)c2ccccc21. The Balaban J connectivity index is 1.83. The Morgan fingerprint density at radius 1 is 1.03 bits per heavy atom. The first-order valence-corrected chi connectivity index (χ1v) is 11.0. The van der Waals surface area contributed by atoms with Crippen molar-refractivity contribution in [2.24, 2.45) is 4.99 Å². The summed E-state index contributed by atoms with van der Waals surface area (Å²) in [7, 11) is 0. The molecule has 8 heteroatoms. The Labute approximate surface area is 200 Å². The number of benzene rings is 3. The standard InChI is InChI=1S/C25H20Cl2FN3O2/c1-14(2)31-21-6-4-3-5-20(21)22(15-7-9-19(28)10-8-15)29-23(25(31)33)30-24(32)16-11-17(26)13-18(27)12-16/h3-14,23H,1-2H3,(H,30,32)/t23-/m0/s1. The van der Waals surface area contributed by atoms with Crippen molar-refractivity contribution in [3.05, 3.63) is 99.3 Å². The zero-order valence-corrected chi connectivity index (χ0v) is 19.4. The van der Waals surface area contributed by atoms with Crippen molar-refractivity contribution in [3.8, 4) is 0 Å². The molecule has 1 aliphatic rings. The van der Waals surface area contributed by atoms with Crippen LogP contribution in [0.4, 0.5) is 10.1 Å². The Morgan fingerprint density at radius 2 is 1.67 bits per heavy atom. The third kappa shape index (κ3) is 4.77. The number of amides is 2. The first kappa shape index (κ1) is 23.0. The zero-order chi connectivity index (χ0) is 23.7. The van der Waals surface area contributed by atoms with E-state index in [0.29, 0.717) is 32.6 Å². The van der Waals surface area contributed by atoms with Crippen molar-refractivity contribution in [2.45, 2.75) is 26.1 Å². The van der Waals surface area contributed by atoms with Gasteiger partial charge in [-0.25, -0.2) is 9.38 Å². The molecule has 0 bridgehead atoms. The highest BCUT2D eigenvalue weighted by Crippen LogP contribution is 2.30. The average molecular weight is 484 g/mol. The Morgan fingerprint density at radius 3 is 2.30 bits per heavy atom. The van der Waals surface area contributed by atoms with Crippen LogP contribution in [0.3, 0.4) is 0 Å².